The molecule has 1 heterocycles. The molecule has 3 heteroatoms. The van der Waals surface area contributed by atoms with Gasteiger partial charge in [-0.15, -0.1) is 0 Å². The van der Waals surface area contributed by atoms with Crippen molar-refractivity contribution in [2.24, 2.45) is 5.41 Å². The van der Waals surface area contributed by atoms with Crippen LogP contribution >= 0.6 is 0 Å². The lowest BCUT2D eigenvalue weighted by Crippen LogP contribution is -2.34. The van der Waals surface area contributed by atoms with Crippen LogP contribution in [0.5, 0.6) is 0 Å². The standard InChI is InChI=1S/C16H31N3/c1-6-9-16(5,13-17-10-7-2)12-15-11-14(4)18-19(15)8-3/h11,17H,6-10,12-13H2,1-5H3. The normalized spacial score (nSPS) is 14.6. The van der Waals surface area contributed by atoms with Crippen LogP contribution in [0, 0.1) is 12.3 Å². The minimum atomic E-state index is 0.337. The summed E-state index contributed by atoms with van der Waals surface area (Å²) >= 11 is 0. The van der Waals surface area contributed by atoms with Gasteiger partial charge >= 0.3 is 0 Å². The molecule has 3 nitrogen and oxygen atoms in total. The number of aryl methyl sites for hydroxylation is 2. The van der Waals surface area contributed by atoms with Gasteiger partial charge in [0.25, 0.3) is 0 Å². The van der Waals surface area contributed by atoms with Crippen molar-refractivity contribution >= 4 is 0 Å². The number of nitrogens with zero attached hydrogens (tertiary/aromatic N) is 2. The van der Waals surface area contributed by atoms with E-state index in [9.17, 15) is 0 Å². The minimum absolute atomic E-state index is 0.337. The van der Waals surface area contributed by atoms with E-state index in [1.165, 1.54) is 25.0 Å². The first-order valence-corrected chi connectivity index (χ1v) is 7.78. The summed E-state index contributed by atoms with van der Waals surface area (Å²) in [5.41, 5.74) is 2.86. The molecule has 1 aromatic rings. The topological polar surface area (TPSA) is 29.9 Å². The first kappa shape index (κ1) is 16.2. The maximum Gasteiger partial charge on any atom is 0.0596 e. The van der Waals surface area contributed by atoms with E-state index >= 15 is 0 Å². The molecule has 0 spiro atoms. The van der Waals surface area contributed by atoms with Crippen LogP contribution in [0.2, 0.25) is 0 Å². The van der Waals surface area contributed by atoms with E-state index < -0.39 is 0 Å². The fourth-order valence-corrected chi connectivity index (χ4v) is 2.86. The highest BCUT2D eigenvalue weighted by molar-refractivity contribution is 5.11. The average Bonchev–Trinajstić information content (AvgIpc) is 2.69. The SMILES string of the molecule is CCCNCC(C)(CCC)Cc1cc(C)nn1CC. The van der Waals surface area contributed by atoms with E-state index in [4.69, 9.17) is 0 Å². The predicted octanol–water partition coefficient (Wildman–Crippen LogP) is 3.56. The quantitative estimate of drug-likeness (QED) is 0.692. The Kier molecular flexibility index (Phi) is 6.56. The van der Waals surface area contributed by atoms with Gasteiger partial charge in [-0.05, 0) is 51.1 Å². The Balaban J connectivity index is 2.75. The molecule has 0 bridgehead atoms. The minimum Gasteiger partial charge on any atom is -0.316 e. The van der Waals surface area contributed by atoms with E-state index in [0.717, 1.165) is 31.7 Å². The van der Waals surface area contributed by atoms with E-state index in [1.54, 1.807) is 0 Å². The van der Waals surface area contributed by atoms with E-state index in [1.807, 2.05) is 0 Å². The Bertz CT molecular complexity index is 370. The molecule has 19 heavy (non-hydrogen) atoms. The summed E-state index contributed by atoms with van der Waals surface area (Å²) in [5.74, 6) is 0. The number of nitrogens with one attached hydrogen (secondary N) is 1. The van der Waals surface area contributed by atoms with Crippen LogP contribution < -0.4 is 5.32 Å². The van der Waals surface area contributed by atoms with Crippen LogP contribution in [0.15, 0.2) is 6.07 Å². The molecule has 0 radical (unpaired) electrons. The third-order valence-electron chi connectivity index (χ3n) is 3.73. The van der Waals surface area contributed by atoms with Gasteiger partial charge in [-0.25, -0.2) is 0 Å². The largest absolute Gasteiger partial charge is 0.316 e. The van der Waals surface area contributed by atoms with Crippen LogP contribution in [0.25, 0.3) is 0 Å². The summed E-state index contributed by atoms with van der Waals surface area (Å²) < 4.78 is 2.16. The van der Waals surface area contributed by atoms with Crippen molar-refractivity contribution in [1.82, 2.24) is 15.1 Å². The van der Waals surface area contributed by atoms with Gasteiger partial charge in [0.1, 0.15) is 0 Å². The molecular formula is C16H31N3. The van der Waals surface area contributed by atoms with Gasteiger partial charge in [-0.2, -0.15) is 5.10 Å². The second-order valence-corrected chi connectivity index (χ2v) is 6.01. The van der Waals surface area contributed by atoms with Crippen LogP contribution in [0.1, 0.15) is 58.3 Å². The molecule has 0 saturated carbocycles. The Morgan fingerprint density at radius 3 is 2.58 bits per heavy atom. The third kappa shape index (κ3) is 4.98. The van der Waals surface area contributed by atoms with E-state index in [0.29, 0.717) is 5.41 Å². The maximum absolute atomic E-state index is 4.57. The fraction of sp³-hybridized carbons (Fsp3) is 0.812. The molecule has 1 atom stereocenters. The zero-order chi connectivity index (χ0) is 14.3. The molecule has 0 fully saturated rings. The highest BCUT2D eigenvalue weighted by Gasteiger charge is 2.25. The molecule has 0 aromatic carbocycles. The van der Waals surface area contributed by atoms with Gasteiger partial charge in [-0.3, -0.25) is 4.68 Å². The molecule has 1 N–H and O–H groups in total. The lowest BCUT2D eigenvalue weighted by molar-refractivity contribution is 0.269. The number of hydrogen-bond donors (Lipinski definition) is 1. The van der Waals surface area contributed by atoms with Gasteiger partial charge < -0.3 is 5.32 Å². The number of hydrogen-bond acceptors (Lipinski definition) is 2. The highest BCUT2D eigenvalue weighted by Crippen LogP contribution is 2.28. The second kappa shape index (κ2) is 7.68. The Labute approximate surface area is 118 Å². The summed E-state index contributed by atoms with van der Waals surface area (Å²) in [4.78, 5) is 0. The zero-order valence-electron chi connectivity index (χ0n) is 13.4. The zero-order valence-corrected chi connectivity index (χ0v) is 13.4. The smallest absolute Gasteiger partial charge is 0.0596 e. The van der Waals surface area contributed by atoms with Gasteiger partial charge in [0.2, 0.25) is 0 Å². The van der Waals surface area contributed by atoms with Crippen molar-refractivity contribution in [2.75, 3.05) is 13.1 Å². The molecule has 0 aliphatic rings. The molecule has 0 aliphatic carbocycles. The lowest BCUT2D eigenvalue weighted by atomic mass is 9.81. The van der Waals surface area contributed by atoms with E-state index in [-0.39, 0.29) is 0 Å². The van der Waals surface area contributed by atoms with Crippen molar-refractivity contribution in [1.29, 1.82) is 0 Å². The Morgan fingerprint density at radius 1 is 1.26 bits per heavy atom. The monoisotopic (exact) mass is 265 g/mol. The molecule has 0 amide bonds. The van der Waals surface area contributed by atoms with Crippen LogP contribution in [0.4, 0.5) is 0 Å². The number of aromatic nitrogens is 2. The summed E-state index contributed by atoms with van der Waals surface area (Å²) in [6.07, 6.45) is 4.82. The third-order valence-corrected chi connectivity index (χ3v) is 3.73. The molecule has 0 saturated heterocycles. The van der Waals surface area contributed by atoms with Crippen molar-refractivity contribution < 1.29 is 0 Å². The second-order valence-electron chi connectivity index (χ2n) is 6.01. The molecule has 0 aliphatic heterocycles. The molecular weight excluding hydrogens is 234 g/mol. The summed E-state index contributed by atoms with van der Waals surface area (Å²) in [7, 11) is 0. The maximum atomic E-state index is 4.57. The van der Waals surface area contributed by atoms with Crippen LogP contribution in [-0.4, -0.2) is 22.9 Å². The van der Waals surface area contributed by atoms with Crippen molar-refractivity contribution in [3.05, 3.63) is 17.5 Å². The highest BCUT2D eigenvalue weighted by atomic mass is 15.3. The van der Waals surface area contributed by atoms with Crippen molar-refractivity contribution in [2.45, 2.75) is 66.8 Å². The molecule has 1 unspecified atom stereocenters. The van der Waals surface area contributed by atoms with Gasteiger partial charge in [0.05, 0.1) is 5.69 Å². The summed E-state index contributed by atoms with van der Waals surface area (Å²) in [6.45, 7) is 14.3. The van der Waals surface area contributed by atoms with Crippen LogP contribution in [-0.2, 0) is 13.0 Å². The molecule has 110 valence electrons. The Hall–Kier alpha value is -0.830. The number of rotatable bonds is 9. The lowest BCUT2D eigenvalue weighted by Gasteiger charge is -2.30. The molecule has 1 aromatic heterocycles. The van der Waals surface area contributed by atoms with Crippen molar-refractivity contribution in [3.8, 4) is 0 Å². The van der Waals surface area contributed by atoms with Gasteiger partial charge in [-0.1, -0.05) is 27.2 Å². The van der Waals surface area contributed by atoms with Gasteiger partial charge in [0.15, 0.2) is 0 Å². The Morgan fingerprint density at radius 2 is 2.00 bits per heavy atom. The summed E-state index contributed by atoms with van der Waals surface area (Å²) in [5, 5.41) is 8.16. The van der Waals surface area contributed by atoms with Crippen LogP contribution in [0.3, 0.4) is 0 Å². The van der Waals surface area contributed by atoms with Gasteiger partial charge in [0, 0.05) is 18.8 Å². The molecule has 1 rings (SSSR count). The first-order valence-electron chi connectivity index (χ1n) is 7.78. The predicted molar refractivity (Wildman–Crippen MR) is 82.5 cm³/mol. The summed E-state index contributed by atoms with van der Waals surface area (Å²) in [6, 6.07) is 2.25. The fourth-order valence-electron chi connectivity index (χ4n) is 2.86. The average molecular weight is 265 g/mol. The van der Waals surface area contributed by atoms with Crippen molar-refractivity contribution in [3.63, 3.8) is 0 Å². The first-order chi connectivity index (χ1) is 9.04. The van der Waals surface area contributed by atoms with E-state index in [2.05, 4.69) is 55.8 Å².